The lowest BCUT2D eigenvalue weighted by atomic mass is 10.1. The number of benzene rings is 4. The topological polar surface area (TPSA) is 62.7 Å². The van der Waals surface area contributed by atoms with Crippen LogP contribution in [0.5, 0.6) is 5.75 Å². The molecule has 0 aliphatic heterocycles. The molecule has 0 aromatic heterocycles. The Kier molecular flexibility index (Phi) is 6.78. The zero-order chi connectivity index (χ0) is 22.2. The normalized spacial score (nSPS) is 10.9. The number of carbonyl (C=O) groups is 1. The minimum absolute atomic E-state index is 0.136. The van der Waals surface area contributed by atoms with Crippen molar-refractivity contribution in [3.05, 3.63) is 108 Å². The number of nitrogens with one attached hydrogen (secondary N) is 2. The van der Waals surface area contributed by atoms with E-state index < -0.39 is 0 Å². The summed E-state index contributed by atoms with van der Waals surface area (Å²) in [4.78, 5) is 12.1. The number of anilines is 1. The van der Waals surface area contributed by atoms with E-state index in [1.807, 2.05) is 66.7 Å². The van der Waals surface area contributed by atoms with Crippen molar-refractivity contribution in [2.24, 2.45) is 5.10 Å². The number of amides is 1. The van der Waals surface area contributed by atoms with E-state index in [0.29, 0.717) is 6.61 Å². The van der Waals surface area contributed by atoms with Crippen LogP contribution in [0.4, 0.5) is 5.69 Å². The van der Waals surface area contributed by atoms with Crippen LogP contribution in [-0.4, -0.2) is 18.7 Å². The summed E-state index contributed by atoms with van der Waals surface area (Å²) < 4.78 is 5.81. The van der Waals surface area contributed by atoms with Gasteiger partial charge in [-0.3, -0.25) is 4.79 Å². The molecule has 0 fully saturated rings. The van der Waals surface area contributed by atoms with Gasteiger partial charge in [0.1, 0.15) is 12.4 Å². The number of hydrazone groups is 1. The van der Waals surface area contributed by atoms with Gasteiger partial charge in [-0.15, -0.1) is 0 Å². The third kappa shape index (κ3) is 5.73. The van der Waals surface area contributed by atoms with Crippen LogP contribution < -0.4 is 15.5 Å². The number of ether oxygens (including phenoxy) is 1. The minimum Gasteiger partial charge on any atom is -0.489 e. The van der Waals surface area contributed by atoms with Crippen LogP contribution in [0.3, 0.4) is 0 Å². The second-order valence-corrected chi connectivity index (χ2v) is 7.52. The van der Waals surface area contributed by atoms with Gasteiger partial charge in [0.05, 0.1) is 12.8 Å². The molecule has 5 heteroatoms. The van der Waals surface area contributed by atoms with Gasteiger partial charge in [0.25, 0.3) is 5.91 Å². The van der Waals surface area contributed by atoms with Gasteiger partial charge in [-0.05, 0) is 53.8 Å². The summed E-state index contributed by atoms with van der Waals surface area (Å²) in [7, 11) is 0. The molecule has 0 spiro atoms. The van der Waals surface area contributed by atoms with Crippen LogP contribution in [0, 0.1) is 6.92 Å². The van der Waals surface area contributed by atoms with Gasteiger partial charge in [0, 0.05) is 11.1 Å². The van der Waals surface area contributed by atoms with Gasteiger partial charge < -0.3 is 10.1 Å². The van der Waals surface area contributed by atoms with E-state index in [4.69, 9.17) is 4.74 Å². The molecule has 0 unspecified atom stereocenters. The maximum absolute atomic E-state index is 12.1. The van der Waals surface area contributed by atoms with Crippen LogP contribution in [0.15, 0.2) is 96.1 Å². The summed E-state index contributed by atoms with van der Waals surface area (Å²) in [6.07, 6.45) is 1.61. The Morgan fingerprint density at radius 2 is 1.66 bits per heavy atom. The lowest BCUT2D eigenvalue weighted by Gasteiger charge is -2.09. The van der Waals surface area contributed by atoms with Crippen molar-refractivity contribution in [2.75, 3.05) is 11.9 Å². The quantitative estimate of drug-likeness (QED) is 0.299. The summed E-state index contributed by atoms with van der Waals surface area (Å²) in [6, 6.07) is 29.9. The smallest absolute Gasteiger partial charge is 0.259 e. The molecule has 1 amide bonds. The van der Waals surface area contributed by atoms with Crippen LogP contribution >= 0.6 is 0 Å². The van der Waals surface area contributed by atoms with E-state index in [-0.39, 0.29) is 12.5 Å². The fourth-order valence-corrected chi connectivity index (χ4v) is 3.27. The molecular formula is C27H25N3O2. The third-order valence-electron chi connectivity index (χ3n) is 5.04. The lowest BCUT2D eigenvalue weighted by molar-refractivity contribution is -0.119. The molecule has 0 bridgehead atoms. The van der Waals surface area contributed by atoms with Gasteiger partial charge in [-0.25, -0.2) is 5.43 Å². The monoisotopic (exact) mass is 423 g/mol. The largest absolute Gasteiger partial charge is 0.489 e. The first-order valence-electron chi connectivity index (χ1n) is 10.5. The molecule has 5 nitrogen and oxygen atoms in total. The van der Waals surface area contributed by atoms with Crippen LogP contribution in [0.25, 0.3) is 10.8 Å². The molecule has 4 aromatic carbocycles. The zero-order valence-corrected chi connectivity index (χ0v) is 17.9. The summed E-state index contributed by atoms with van der Waals surface area (Å²) in [5.41, 5.74) is 6.70. The number of rotatable bonds is 8. The van der Waals surface area contributed by atoms with Gasteiger partial charge in [0.15, 0.2) is 0 Å². The predicted octanol–water partition coefficient (Wildman–Crippen LogP) is 5.29. The number of fused-ring (bicyclic) bond motifs is 1. The average Bonchev–Trinajstić information content (AvgIpc) is 2.83. The molecule has 0 aliphatic carbocycles. The maximum Gasteiger partial charge on any atom is 0.259 e. The van der Waals surface area contributed by atoms with E-state index in [9.17, 15) is 4.79 Å². The van der Waals surface area contributed by atoms with Crippen molar-refractivity contribution in [3.8, 4) is 5.75 Å². The zero-order valence-electron chi connectivity index (χ0n) is 17.9. The molecule has 0 saturated carbocycles. The Bertz CT molecular complexity index is 1210. The SMILES string of the molecule is Cc1ccc(COc2ccc(/C=N\NC(=O)CNc3cccc4ccccc34)cc2)cc1. The minimum atomic E-state index is -0.216. The van der Waals surface area contributed by atoms with Gasteiger partial charge >= 0.3 is 0 Å². The van der Waals surface area contributed by atoms with Gasteiger partial charge in [-0.1, -0.05) is 66.2 Å². The Hall–Kier alpha value is -4.12. The molecule has 0 radical (unpaired) electrons. The predicted molar refractivity (Wildman–Crippen MR) is 130 cm³/mol. The Morgan fingerprint density at radius 3 is 2.47 bits per heavy atom. The van der Waals surface area contributed by atoms with Crippen molar-refractivity contribution in [3.63, 3.8) is 0 Å². The van der Waals surface area contributed by atoms with Gasteiger partial charge in [0.2, 0.25) is 0 Å². The Morgan fingerprint density at radius 1 is 0.906 bits per heavy atom. The highest BCUT2D eigenvalue weighted by Crippen LogP contribution is 2.22. The van der Waals surface area contributed by atoms with E-state index in [1.165, 1.54) is 5.56 Å². The second kappa shape index (κ2) is 10.3. The molecule has 2 N–H and O–H groups in total. The summed E-state index contributed by atoms with van der Waals surface area (Å²) in [5.74, 6) is 0.568. The molecule has 4 aromatic rings. The van der Waals surface area contributed by atoms with Crippen LogP contribution in [-0.2, 0) is 11.4 Å². The van der Waals surface area contributed by atoms with E-state index in [1.54, 1.807) is 6.21 Å². The molecule has 0 heterocycles. The highest BCUT2D eigenvalue weighted by Gasteiger charge is 2.03. The number of nitrogens with zero attached hydrogens (tertiary/aromatic N) is 1. The number of hydrogen-bond donors (Lipinski definition) is 2. The molecule has 32 heavy (non-hydrogen) atoms. The Labute approximate surface area is 187 Å². The first-order valence-corrected chi connectivity index (χ1v) is 10.5. The molecule has 0 aliphatic rings. The van der Waals surface area contributed by atoms with E-state index >= 15 is 0 Å². The highest BCUT2D eigenvalue weighted by atomic mass is 16.5. The van der Waals surface area contributed by atoms with E-state index in [0.717, 1.165) is 33.3 Å². The molecule has 160 valence electrons. The number of aryl methyl sites for hydroxylation is 1. The lowest BCUT2D eigenvalue weighted by Crippen LogP contribution is -2.25. The van der Waals surface area contributed by atoms with E-state index in [2.05, 4.69) is 47.0 Å². The maximum atomic E-state index is 12.1. The van der Waals surface area contributed by atoms with Crippen molar-refractivity contribution in [1.29, 1.82) is 0 Å². The molecule has 4 rings (SSSR count). The summed E-state index contributed by atoms with van der Waals surface area (Å²) in [5, 5.41) is 9.42. The number of carbonyl (C=O) groups excluding carboxylic acids is 1. The van der Waals surface area contributed by atoms with Crippen molar-refractivity contribution >= 4 is 28.6 Å². The first kappa shape index (κ1) is 21.1. The fraction of sp³-hybridized carbons (Fsp3) is 0.111. The molecular weight excluding hydrogens is 398 g/mol. The molecule has 0 atom stereocenters. The Balaban J connectivity index is 1.24. The second-order valence-electron chi connectivity index (χ2n) is 7.52. The highest BCUT2D eigenvalue weighted by molar-refractivity contribution is 5.95. The van der Waals surface area contributed by atoms with Crippen LogP contribution in [0.1, 0.15) is 16.7 Å². The van der Waals surface area contributed by atoms with Crippen molar-refractivity contribution in [1.82, 2.24) is 5.43 Å². The van der Waals surface area contributed by atoms with Crippen molar-refractivity contribution in [2.45, 2.75) is 13.5 Å². The van der Waals surface area contributed by atoms with Gasteiger partial charge in [-0.2, -0.15) is 5.10 Å². The summed E-state index contributed by atoms with van der Waals surface area (Å²) in [6.45, 7) is 2.72. The molecule has 0 saturated heterocycles. The average molecular weight is 424 g/mol. The summed E-state index contributed by atoms with van der Waals surface area (Å²) >= 11 is 0. The fourth-order valence-electron chi connectivity index (χ4n) is 3.27. The number of hydrogen-bond acceptors (Lipinski definition) is 4. The standard InChI is InChI=1S/C27H25N3O2/c1-20-9-11-22(12-10-20)19-32-24-15-13-21(14-16-24)17-29-30-27(31)18-28-26-8-4-6-23-5-2-3-7-25(23)26/h2-17,28H,18-19H2,1H3,(H,30,31)/b29-17-. The first-order chi connectivity index (χ1) is 15.7. The third-order valence-corrected chi connectivity index (χ3v) is 5.04. The van der Waals surface area contributed by atoms with Crippen LogP contribution in [0.2, 0.25) is 0 Å². The van der Waals surface area contributed by atoms with Crippen molar-refractivity contribution < 1.29 is 9.53 Å².